The molecule has 4 rings (SSSR count). The van der Waals surface area contributed by atoms with Crippen molar-refractivity contribution < 1.29 is 9.53 Å². The number of halogens is 1. The molecule has 1 aromatic carbocycles. The van der Waals surface area contributed by atoms with Crippen molar-refractivity contribution in [3.63, 3.8) is 0 Å². The Morgan fingerprint density at radius 1 is 1.06 bits per heavy atom. The molecule has 0 spiro atoms. The van der Waals surface area contributed by atoms with Gasteiger partial charge in [0.25, 0.3) is 11.5 Å². The van der Waals surface area contributed by atoms with Crippen molar-refractivity contribution in [1.29, 1.82) is 0 Å². The Labute approximate surface area is 219 Å². The molecule has 35 heavy (non-hydrogen) atoms. The van der Waals surface area contributed by atoms with Crippen molar-refractivity contribution in [2.45, 2.75) is 45.4 Å². The van der Waals surface area contributed by atoms with Gasteiger partial charge in [-0.1, -0.05) is 80.7 Å². The zero-order valence-corrected chi connectivity index (χ0v) is 21.8. The minimum atomic E-state index is -0.333. The summed E-state index contributed by atoms with van der Waals surface area (Å²) in [5.41, 5.74) is 0.290. The molecule has 0 radical (unpaired) electrons. The number of unbranched alkanes of at least 4 members (excludes halogenated alkanes) is 5. The molecule has 0 bridgehead atoms. The zero-order valence-electron chi connectivity index (χ0n) is 19.4. The number of benzene rings is 1. The van der Waals surface area contributed by atoms with Crippen molar-refractivity contribution in [2.24, 2.45) is 0 Å². The van der Waals surface area contributed by atoms with E-state index in [1.807, 2.05) is 0 Å². The summed E-state index contributed by atoms with van der Waals surface area (Å²) in [5.74, 6) is 0.403. The van der Waals surface area contributed by atoms with Gasteiger partial charge in [0.15, 0.2) is 0 Å². The molecular formula is C26H26ClN3O3S2. The number of thioether (sulfide) groups is 1. The topological polar surface area (TPSA) is 63.9 Å². The summed E-state index contributed by atoms with van der Waals surface area (Å²) < 4.78 is 7.90. The van der Waals surface area contributed by atoms with Gasteiger partial charge in [-0.2, -0.15) is 4.98 Å². The van der Waals surface area contributed by atoms with Crippen molar-refractivity contribution in [2.75, 3.05) is 6.54 Å². The average molecular weight is 528 g/mol. The highest BCUT2D eigenvalue weighted by Gasteiger charge is 2.32. The fraction of sp³-hybridized carbons (Fsp3) is 0.308. The number of pyridine rings is 1. The number of aromatic nitrogens is 2. The third-order valence-corrected chi connectivity index (χ3v) is 7.28. The molecule has 3 aromatic rings. The van der Waals surface area contributed by atoms with Crippen LogP contribution >= 0.6 is 35.6 Å². The van der Waals surface area contributed by atoms with Crippen molar-refractivity contribution in [1.82, 2.24) is 14.3 Å². The van der Waals surface area contributed by atoms with Gasteiger partial charge in [-0.15, -0.1) is 0 Å². The number of ether oxygens (including phenoxy) is 1. The van der Waals surface area contributed by atoms with Gasteiger partial charge < -0.3 is 4.74 Å². The number of amides is 1. The summed E-state index contributed by atoms with van der Waals surface area (Å²) in [6.07, 6.45) is 9.94. The molecule has 1 fully saturated rings. The molecule has 1 aliphatic rings. The van der Waals surface area contributed by atoms with E-state index in [1.54, 1.807) is 59.6 Å². The van der Waals surface area contributed by atoms with Crippen LogP contribution in [0.25, 0.3) is 11.7 Å². The van der Waals surface area contributed by atoms with Crippen LogP contribution in [0, 0.1) is 0 Å². The first-order valence-electron chi connectivity index (χ1n) is 11.7. The minimum absolute atomic E-state index is 0.115. The van der Waals surface area contributed by atoms with Gasteiger partial charge in [-0.3, -0.25) is 18.9 Å². The van der Waals surface area contributed by atoms with Gasteiger partial charge in [0.1, 0.15) is 21.3 Å². The molecule has 0 aliphatic carbocycles. The fourth-order valence-corrected chi connectivity index (χ4v) is 5.19. The van der Waals surface area contributed by atoms with Crippen LogP contribution in [0.15, 0.2) is 58.4 Å². The maximum Gasteiger partial charge on any atom is 0.269 e. The highest BCUT2D eigenvalue weighted by molar-refractivity contribution is 8.26. The number of carbonyl (C=O) groups excluding carboxylic acids is 1. The van der Waals surface area contributed by atoms with Gasteiger partial charge in [0.2, 0.25) is 5.88 Å². The van der Waals surface area contributed by atoms with E-state index in [9.17, 15) is 9.59 Å². The van der Waals surface area contributed by atoms with E-state index < -0.39 is 0 Å². The molecule has 1 amide bonds. The number of fused-ring (bicyclic) bond motifs is 1. The first-order chi connectivity index (χ1) is 17.0. The number of rotatable bonds is 10. The SMILES string of the molecule is CCCCCCCCN1C(=O)C(=Cc2c(Oc3ccc(Cl)cc3)nc3ccccn3c2=O)SC1=S. The van der Waals surface area contributed by atoms with E-state index in [4.69, 9.17) is 28.6 Å². The Bertz CT molecular complexity index is 1320. The molecule has 182 valence electrons. The Morgan fingerprint density at radius 2 is 1.80 bits per heavy atom. The van der Waals surface area contributed by atoms with Gasteiger partial charge in [-0.25, -0.2) is 0 Å². The first kappa shape index (κ1) is 25.4. The Balaban J connectivity index is 1.62. The molecule has 0 saturated carbocycles. The summed E-state index contributed by atoms with van der Waals surface area (Å²) in [6, 6.07) is 12.0. The maximum absolute atomic E-state index is 13.4. The molecule has 6 nitrogen and oxygen atoms in total. The van der Waals surface area contributed by atoms with Crippen molar-refractivity contribution in [3.05, 3.63) is 74.5 Å². The van der Waals surface area contributed by atoms with Gasteiger partial charge in [-0.05, 0) is 48.9 Å². The number of nitrogens with zero attached hydrogens (tertiary/aromatic N) is 3. The van der Waals surface area contributed by atoms with Crippen LogP contribution in [0.4, 0.5) is 0 Å². The van der Waals surface area contributed by atoms with Gasteiger partial charge >= 0.3 is 0 Å². The summed E-state index contributed by atoms with van der Waals surface area (Å²) in [4.78, 5) is 33.0. The zero-order chi connectivity index (χ0) is 24.8. The highest BCUT2D eigenvalue weighted by Crippen LogP contribution is 2.34. The minimum Gasteiger partial charge on any atom is -0.438 e. The van der Waals surface area contributed by atoms with E-state index in [-0.39, 0.29) is 22.9 Å². The number of hydrogen-bond acceptors (Lipinski definition) is 6. The molecule has 1 aliphatic heterocycles. The predicted octanol–water partition coefficient (Wildman–Crippen LogP) is 6.70. The van der Waals surface area contributed by atoms with E-state index in [1.165, 1.54) is 35.4 Å². The van der Waals surface area contributed by atoms with Crippen LogP contribution in [0.1, 0.15) is 51.0 Å². The summed E-state index contributed by atoms with van der Waals surface area (Å²) >= 11 is 12.7. The second-order valence-corrected chi connectivity index (χ2v) is 10.3. The normalized spacial score (nSPS) is 14.9. The maximum atomic E-state index is 13.4. The van der Waals surface area contributed by atoms with Crippen LogP contribution in [0.5, 0.6) is 11.6 Å². The van der Waals surface area contributed by atoms with E-state index >= 15 is 0 Å². The van der Waals surface area contributed by atoms with E-state index in [0.717, 1.165) is 19.3 Å². The van der Waals surface area contributed by atoms with Crippen LogP contribution in [-0.4, -0.2) is 31.1 Å². The lowest BCUT2D eigenvalue weighted by Crippen LogP contribution is -2.29. The van der Waals surface area contributed by atoms with E-state index in [2.05, 4.69) is 11.9 Å². The Kier molecular flexibility index (Phi) is 8.59. The number of hydrogen-bond donors (Lipinski definition) is 0. The highest BCUT2D eigenvalue weighted by atomic mass is 35.5. The van der Waals surface area contributed by atoms with Crippen LogP contribution in [0.3, 0.4) is 0 Å². The monoisotopic (exact) mass is 527 g/mol. The second-order valence-electron chi connectivity index (χ2n) is 8.22. The molecule has 9 heteroatoms. The summed E-state index contributed by atoms with van der Waals surface area (Å²) in [7, 11) is 0. The molecule has 0 unspecified atom stereocenters. The second kappa shape index (κ2) is 11.8. The third-order valence-electron chi connectivity index (χ3n) is 5.65. The van der Waals surface area contributed by atoms with Crippen molar-refractivity contribution >= 4 is 57.5 Å². The largest absolute Gasteiger partial charge is 0.438 e. The molecule has 3 heterocycles. The number of carbonyl (C=O) groups is 1. The lowest BCUT2D eigenvalue weighted by molar-refractivity contribution is -0.122. The average Bonchev–Trinajstić information content (AvgIpc) is 3.12. The quantitative estimate of drug-likeness (QED) is 0.166. The lowest BCUT2D eigenvalue weighted by atomic mass is 10.1. The molecular weight excluding hydrogens is 502 g/mol. The Morgan fingerprint density at radius 3 is 2.57 bits per heavy atom. The van der Waals surface area contributed by atoms with Gasteiger partial charge in [0, 0.05) is 17.8 Å². The third kappa shape index (κ3) is 6.12. The smallest absolute Gasteiger partial charge is 0.269 e. The fourth-order valence-electron chi connectivity index (χ4n) is 3.77. The van der Waals surface area contributed by atoms with Crippen LogP contribution in [0.2, 0.25) is 5.02 Å². The molecule has 0 atom stereocenters. The summed E-state index contributed by atoms with van der Waals surface area (Å²) in [6.45, 7) is 2.77. The molecule has 1 saturated heterocycles. The lowest BCUT2D eigenvalue weighted by Gasteiger charge is -2.14. The Hall–Kier alpha value is -2.68. The van der Waals surface area contributed by atoms with Crippen LogP contribution in [-0.2, 0) is 4.79 Å². The molecule has 2 aromatic heterocycles. The van der Waals surface area contributed by atoms with Gasteiger partial charge in [0.05, 0.1) is 4.91 Å². The van der Waals surface area contributed by atoms with Crippen molar-refractivity contribution in [3.8, 4) is 11.6 Å². The standard InChI is InChI=1S/C26H26ClN3O3S2/c1-2-3-4-5-6-8-16-30-25(32)21(35-26(30)34)17-20-23(33-19-13-11-18(27)12-14-19)28-22-10-7-9-15-29(22)24(20)31/h7,9-15,17H,2-6,8,16H2,1H3. The first-order valence-corrected chi connectivity index (χ1v) is 13.3. The molecule has 0 N–H and O–H groups in total. The predicted molar refractivity (Wildman–Crippen MR) is 146 cm³/mol. The number of thiocarbonyl (C=S) groups is 1. The summed E-state index contributed by atoms with van der Waals surface area (Å²) in [5, 5.41) is 0.568. The van der Waals surface area contributed by atoms with Crippen LogP contribution < -0.4 is 10.3 Å². The van der Waals surface area contributed by atoms with E-state index in [0.29, 0.717) is 32.2 Å².